The van der Waals surface area contributed by atoms with Crippen LogP contribution in [-0.4, -0.2) is 36.6 Å². The second-order valence-electron chi connectivity index (χ2n) is 4.43. The minimum absolute atomic E-state index is 0.147. The molecule has 0 heterocycles. The Morgan fingerprint density at radius 2 is 1.93 bits per heavy atom. The van der Waals surface area contributed by atoms with E-state index in [0.29, 0.717) is 5.92 Å². The lowest BCUT2D eigenvalue weighted by Crippen LogP contribution is -2.31. The first kappa shape index (κ1) is 14.4. The topological polar surface area (TPSA) is 29.5 Å². The summed E-state index contributed by atoms with van der Waals surface area (Å²) in [6, 6.07) is 0. The molecule has 90 valence electrons. The molecule has 3 heteroatoms. The summed E-state index contributed by atoms with van der Waals surface area (Å²) in [6.07, 6.45) is 1.15. The van der Waals surface area contributed by atoms with Crippen LogP contribution in [0.2, 0.25) is 0 Å². The molecule has 0 fully saturated rings. The SMILES string of the molecule is CCN(CCC(C)OCC(C)C)C(C)=O. The predicted molar refractivity (Wildman–Crippen MR) is 62.8 cm³/mol. The van der Waals surface area contributed by atoms with Crippen molar-refractivity contribution in [2.75, 3.05) is 19.7 Å². The molecule has 3 nitrogen and oxygen atoms in total. The molecule has 0 bridgehead atoms. The van der Waals surface area contributed by atoms with E-state index in [0.717, 1.165) is 26.1 Å². The third kappa shape index (κ3) is 7.37. The van der Waals surface area contributed by atoms with Gasteiger partial charge in [-0.15, -0.1) is 0 Å². The molecule has 0 N–H and O–H groups in total. The van der Waals surface area contributed by atoms with Crippen molar-refractivity contribution in [2.24, 2.45) is 5.92 Å². The largest absolute Gasteiger partial charge is 0.378 e. The Morgan fingerprint density at radius 1 is 1.33 bits per heavy atom. The highest BCUT2D eigenvalue weighted by Gasteiger charge is 2.09. The third-order valence-electron chi connectivity index (χ3n) is 2.35. The zero-order chi connectivity index (χ0) is 11.8. The van der Waals surface area contributed by atoms with E-state index in [1.165, 1.54) is 0 Å². The Kier molecular flexibility index (Phi) is 7.39. The van der Waals surface area contributed by atoms with Crippen LogP contribution in [0.3, 0.4) is 0 Å². The van der Waals surface area contributed by atoms with Crippen LogP contribution in [0.5, 0.6) is 0 Å². The Labute approximate surface area is 93.8 Å². The fourth-order valence-electron chi connectivity index (χ4n) is 1.32. The Morgan fingerprint density at radius 3 is 2.33 bits per heavy atom. The molecule has 0 rings (SSSR count). The first-order valence-corrected chi connectivity index (χ1v) is 5.84. The Hall–Kier alpha value is -0.570. The van der Waals surface area contributed by atoms with Gasteiger partial charge in [-0.2, -0.15) is 0 Å². The highest BCUT2D eigenvalue weighted by molar-refractivity contribution is 5.73. The van der Waals surface area contributed by atoms with Crippen LogP contribution < -0.4 is 0 Å². The van der Waals surface area contributed by atoms with Crippen LogP contribution in [0.25, 0.3) is 0 Å². The summed E-state index contributed by atoms with van der Waals surface area (Å²) in [5, 5.41) is 0. The lowest BCUT2D eigenvalue weighted by Gasteiger charge is -2.21. The number of hydrogen-bond acceptors (Lipinski definition) is 2. The number of ether oxygens (including phenoxy) is 1. The van der Waals surface area contributed by atoms with Gasteiger partial charge in [0.25, 0.3) is 0 Å². The van der Waals surface area contributed by atoms with Gasteiger partial charge in [-0.3, -0.25) is 4.79 Å². The zero-order valence-corrected chi connectivity index (χ0v) is 10.7. The lowest BCUT2D eigenvalue weighted by atomic mass is 10.2. The van der Waals surface area contributed by atoms with Gasteiger partial charge in [-0.25, -0.2) is 0 Å². The molecule has 0 aromatic rings. The Balaban J connectivity index is 3.68. The van der Waals surface area contributed by atoms with E-state index in [2.05, 4.69) is 20.8 Å². The molecule has 0 spiro atoms. The van der Waals surface area contributed by atoms with Crippen molar-refractivity contribution in [3.05, 3.63) is 0 Å². The maximum Gasteiger partial charge on any atom is 0.219 e. The number of hydrogen-bond donors (Lipinski definition) is 0. The Bertz CT molecular complexity index is 180. The van der Waals surface area contributed by atoms with Gasteiger partial charge in [-0.05, 0) is 26.2 Å². The maximum atomic E-state index is 11.1. The van der Waals surface area contributed by atoms with Gasteiger partial charge in [0.2, 0.25) is 5.91 Å². The number of carbonyl (C=O) groups excluding carboxylic acids is 1. The average molecular weight is 215 g/mol. The first-order chi connectivity index (χ1) is 6.97. The highest BCUT2D eigenvalue weighted by Crippen LogP contribution is 2.03. The molecule has 0 saturated carbocycles. The standard InChI is InChI=1S/C12H25NO2/c1-6-13(12(5)14)8-7-11(4)15-9-10(2)3/h10-11H,6-9H2,1-5H3. The number of carbonyl (C=O) groups is 1. The molecule has 1 atom stereocenters. The van der Waals surface area contributed by atoms with Crippen LogP contribution in [0.15, 0.2) is 0 Å². The summed E-state index contributed by atoms with van der Waals surface area (Å²) in [6.45, 7) is 12.3. The second kappa shape index (κ2) is 7.69. The van der Waals surface area contributed by atoms with Gasteiger partial charge >= 0.3 is 0 Å². The van der Waals surface area contributed by atoms with Crippen LogP contribution >= 0.6 is 0 Å². The van der Waals surface area contributed by atoms with Crippen molar-refractivity contribution in [3.63, 3.8) is 0 Å². The van der Waals surface area contributed by atoms with Crippen molar-refractivity contribution in [2.45, 2.75) is 47.1 Å². The van der Waals surface area contributed by atoms with Crippen LogP contribution in [0.1, 0.15) is 41.0 Å². The van der Waals surface area contributed by atoms with Crippen molar-refractivity contribution in [3.8, 4) is 0 Å². The van der Waals surface area contributed by atoms with E-state index in [1.807, 2.05) is 11.8 Å². The number of amides is 1. The van der Waals surface area contributed by atoms with Crippen LogP contribution in [0.4, 0.5) is 0 Å². The molecule has 0 aromatic carbocycles. The van der Waals surface area contributed by atoms with Gasteiger partial charge in [0.05, 0.1) is 6.10 Å². The summed E-state index contributed by atoms with van der Waals surface area (Å²) >= 11 is 0. The number of rotatable bonds is 7. The van der Waals surface area contributed by atoms with Crippen molar-refractivity contribution >= 4 is 5.91 Å². The van der Waals surface area contributed by atoms with Gasteiger partial charge < -0.3 is 9.64 Å². The molecule has 0 aliphatic carbocycles. The third-order valence-corrected chi connectivity index (χ3v) is 2.35. The molecule has 0 saturated heterocycles. The summed E-state index contributed by atoms with van der Waals surface area (Å²) in [5.41, 5.74) is 0. The maximum absolute atomic E-state index is 11.1. The van der Waals surface area contributed by atoms with E-state index in [4.69, 9.17) is 4.74 Å². The summed E-state index contributed by atoms with van der Waals surface area (Å²) in [5.74, 6) is 0.719. The average Bonchev–Trinajstić information content (AvgIpc) is 2.15. The second-order valence-corrected chi connectivity index (χ2v) is 4.43. The smallest absolute Gasteiger partial charge is 0.219 e. The van der Waals surface area contributed by atoms with Gasteiger partial charge in [-0.1, -0.05) is 13.8 Å². The van der Waals surface area contributed by atoms with E-state index < -0.39 is 0 Å². The summed E-state index contributed by atoms with van der Waals surface area (Å²) < 4.78 is 5.64. The molecule has 0 aromatic heterocycles. The molecular weight excluding hydrogens is 190 g/mol. The fraction of sp³-hybridized carbons (Fsp3) is 0.917. The molecular formula is C12H25NO2. The molecule has 0 aliphatic heterocycles. The number of nitrogens with zero attached hydrogens (tertiary/aromatic N) is 1. The minimum atomic E-state index is 0.147. The molecule has 15 heavy (non-hydrogen) atoms. The van der Waals surface area contributed by atoms with Gasteiger partial charge in [0, 0.05) is 26.6 Å². The first-order valence-electron chi connectivity index (χ1n) is 5.84. The molecule has 0 radical (unpaired) electrons. The van der Waals surface area contributed by atoms with Crippen molar-refractivity contribution < 1.29 is 9.53 Å². The monoisotopic (exact) mass is 215 g/mol. The molecule has 1 amide bonds. The van der Waals surface area contributed by atoms with E-state index in [9.17, 15) is 4.79 Å². The van der Waals surface area contributed by atoms with Crippen molar-refractivity contribution in [1.82, 2.24) is 4.90 Å². The predicted octanol–water partition coefficient (Wildman–Crippen LogP) is 2.31. The van der Waals surface area contributed by atoms with Gasteiger partial charge in [0.15, 0.2) is 0 Å². The van der Waals surface area contributed by atoms with E-state index in [-0.39, 0.29) is 12.0 Å². The van der Waals surface area contributed by atoms with E-state index >= 15 is 0 Å². The van der Waals surface area contributed by atoms with Crippen molar-refractivity contribution in [1.29, 1.82) is 0 Å². The van der Waals surface area contributed by atoms with Gasteiger partial charge in [0.1, 0.15) is 0 Å². The summed E-state index contributed by atoms with van der Waals surface area (Å²) in [4.78, 5) is 13.0. The lowest BCUT2D eigenvalue weighted by molar-refractivity contribution is -0.129. The van der Waals surface area contributed by atoms with Crippen LogP contribution in [-0.2, 0) is 9.53 Å². The minimum Gasteiger partial charge on any atom is -0.378 e. The zero-order valence-electron chi connectivity index (χ0n) is 10.7. The van der Waals surface area contributed by atoms with Crippen LogP contribution in [0, 0.1) is 5.92 Å². The fourth-order valence-corrected chi connectivity index (χ4v) is 1.32. The highest BCUT2D eigenvalue weighted by atomic mass is 16.5. The summed E-state index contributed by atoms with van der Waals surface area (Å²) in [7, 11) is 0. The van der Waals surface area contributed by atoms with E-state index in [1.54, 1.807) is 6.92 Å². The quantitative estimate of drug-likeness (QED) is 0.652. The normalized spacial score (nSPS) is 12.9. The molecule has 1 unspecified atom stereocenters. The molecule has 0 aliphatic rings.